The Bertz CT molecular complexity index is 380. The lowest BCUT2D eigenvalue weighted by atomic mass is 10.1. The summed E-state index contributed by atoms with van der Waals surface area (Å²) in [5, 5.41) is 0. The first-order valence-electron chi connectivity index (χ1n) is 7.68. The third-order valence-electron chi connectivity index (χ3n) is 3.48. The molecule has 0 unspecified atom stereocenters. The second kappa shape index (κ2) is 9.65. The van der Waals surface area contributed by atoms with Crippen molar-refractivity contribution in [3.05, 3.63) is 35.6 Å². The molecule has 0 aliphatic heterocycles. The largest absolute Gasteiger partial charge is 0.303 e. The zero-order chi connectivity index (χ0) is 14.8. The summed E-state index contributed by atoms with van der Waals surface area (Å²) in [4.78, 5) is 14.4. The summed E-state index contributed by atoms with van der Waals surface area (Å²) in [6.07, 6.45) is 5.21. The van der Waals surface area contributed by atoms with Crippen LogP contribution in [0.3, 0.4) is 0 Å². The monoisotopic (exact) mass is 279 g/mol. The molecular formula is C17H26FNO. The third-order valence-corrected chi connectivity index (χ3v) is 3.48. The molecule has 1 aromatic rings. The SMILES string of the molecule is CCCCN(CCCC)CCC(=O)c1ccc(F)cc1. The summed E-state index contributed by atoms with van der Waals surface area (Å²) in [7, 11) is 0. The van der Waals surface area contributed by atoms with E-state index in [1.54, 1.807) is 12.1 Å². The van der Waals surface area contributed by atoms with Gasteiger partial charge in [0.15, 0.2) is 5.78 Å². The topological polar surface area (TPSA) is 20.3 Å². The standard InChI is InChI=1S/C17H26FNO/c1-3-5-12-19(13-6-4-2)14-11-17(20)15-7-9-16(18)10-8-15/h7-10H,3-6,11-14H2,1-2H3. The number of nitrogens with zero attached hydrogens (tertiary/aromatic N) is 1. The highest BCUT2D eigenvalue weighted by Crippen LogP contribution is 2.08. The number of unbranched alkanes of at least 4 members (excludes halogenated alkanes) is 2. The van der Waals surface area contributed by atoms with E-state index in [2.05, 4.69) is 18.7 Å². The predicted molar refractivity (Wildman–Crippen MR) is 81.6 cm³/mol. The highest BCUT2D eigenvalue weighted by Gasteiger charge is 2.09. The molecule has 0 saturated carbocycles. The Morgan fingerprint density at radius 3 is 2.05 bits per heavy atom. The van der Waals surface area contributed by atoms with Crippen molar-refractivity contribution < 1.29 is 9.18 Å². The molecule has 2 nitrogen and oxygen atoms in total. The average molecular weight is 279 g/mol. The molecule has 1 aromatic carbocycles. The van der Waals surface area contributed by atoms with Crippen LogP contribution in [0.1, 0.15) is 56.3 Å². The molecule has 0 aliphatic carbocycles. The molecule has 0 aromatic heterocycles. The van der Waals surface area contributed by atoms with Crippen LogP contribution in [-0.4, -0.2) is 30.3 Å². The summed E-state index contributed by atoms with van der Waals surface area (Å²) < 4.78 is 12.8. The number of carbonyl (C=O) groups excluding carboxylic acids is 1. The van der Waals surface area contributed by atoms with E-state index in [0.717, 1.165) is 19.6 Å². The van der Waals surface area contributed by atoms with Crippen molar-refractivity contribution >= 4 is 5.78 Å². The average Bonchev–Trinajstić information content (AvgIpc) is 2.47. The van der Waals surface area contributed by atoms with Gasteiger partial charge in [0.25, 0.3) is 0 Å². The molecule has 0 atom stereocenters. The van der Waals surface area contributed by atoms with Crippen LogP contribution in [-0.2, 0) is 0 Å². The quantitative estimate of drug-likeness (QED) is 0.595. The van der Waals surface area contributed by atoms with Crippen LogP contribution >= 0.6 is 0 Å². The Morgan fingerprint density at radius 2 is 1.55 bits per heavy atom. The molecule has 0 aliphatic rings. The summed E-state index contributed by atoms with van der Waals surface area (Å²) >= 11 is 0. The van der Waals surface area contributed by atoms with Gasteiger partial charge in [-0.1, -0.05) is 26.7 Å². The van der Waals surface area contributed by atoms with Gasteiger partial charge in [-0.05, 0) is 50.2 Å². The molecule has 3 heteroatoms. The summed E-state index contributed by atoms with van der Waals surface area (Å²) in [5.41, 5.74) is 0.609. The highest BCUT2D eigenvalue weighted by molar-refractivity contribution is 5.96. The van der Waals surface area contributed by atoms with Gasteiger partial charge in [0, 0.05) is 18.5 Å². The van der Waals surface area contributed by atoms with Gasteiger partial charge in [-0.2, -0.15) is 0 Å². The van der Waals surface area contributed by atoms with Crippen LogP contribution in [0.25, 0.3) is 0 Å². The first-order chi connectivity index (χ1) is 9.67. The molecule has 0 amide bonds. The van der Waals surface area contributed by atoms with Gasteiger partial charge in [0.1, 0.15) is 5.82 Å². The second-order valence-corrected chi connectivity index (χ2v) is 5.23. The van der Waals surface area contributed by atoms with Gasteiger partial charge >= 0.3 is 0 Å². The predicted octanol–water partition coefficient (Wildman–Crippen LogP) is 4.30. The van der Waals surface area contributed by atoms with Crippen LogP contribution < -0.4 is 0 Å². The molecule has 0 saturated heterocycles. The number of hydrogen-bond donors (Lipinski definition) is 0. The lowest BCUT2D eigenvalue weighted by Gasteiger charge is -2.21. The Kier molecular flexibility index (Phi) is 8.12. The van der Waals surface area contributed by atoms with Crippen molar-refractivity contribution in [3.8, 4) is 0 Å². The minimum atomic E-state index is -0.297. The van der Waals surface area contributed by atoms with E-state index in [4.69, 9.17) is 0 Å². The highest BCUT2D eigenvalue weighted by atomic mass is 19.1. The first-order valence-corrected chi connectivity index (χ1v) is 7.68. The lowest BCUT2D eigenvalue weighted by molar-refractivity contribution is 0.0963. The van der Waals surface area contributed by atoms with Crippen LogP contribution in [0, 0.1) is 5.82 Å². The zero-order valence-corrected chi connectivity index (χ0v) is 12.7. The zero-order valence-electron chi connectivity index (χ0n) is 12.7. The summed E-state index contributed by atoms with van der Waals surface area (Å²) in [5.74, 6) is -0.197. The van der Waals surface area contributed by atoms with Crippen molar-refractivity contribution in [2.24, 2.45) is 0 Å². The van der Waals surface area contributed by atoms with Crippen LogP contribution in [0.15, 0.2) is 24.3 Å². The third kappa shape index (κ3) is 6.29. The first kappa shape index (κ1) is 16.8. The maximum Gasteiger partial charge on any atom is 0.164 e. The normalized spacial score (nSPS) is 11.0. The second-order valence-electron chi connectivity index (χ2n) is 5.23. The Hall–Kier alpha value is -1.22. The van der Waals surface area contributed by atoms with Crippen molar-refractivity contribution in [2.75, 3.05) is 19.6 Å². The molecule has 112 valence electrons. The van der Waals surface area contributed by atoms with Gasteiger partial charge in [0.2, 0.25) is 0 Å². The van der Waals surface area contributed by atoms with Gasteiger partial charge in [-0.15, -0.1) is 0 Å². The molecule has 20 heavy (non-hydrogen) atoms. The Balaban J connectivity index is 2.44. The molecule has 0 N–H and O–H groups in total. The van der Waals surface area contributed by atoms with E-state index >= 15 is 0 Å². The fraction of sp³-hybridized carbons (Fsp3) is 0.588. The van der Waals surface area contributed by atoms with E-state index in [-0.39, 0.29) is 11.6 Å². The van der Waals surface area contributed by atoms with Crippen LogP contribution in [0.2, 0.25) is 0 Å². The molecule has 0 fully saturated rings. The Morgan fingerprint density at radius 1 is 1.00 bits per heavy atom. The number of rotatable bonds is 10. The van der Waals surface area contributed by atoms with Crippen molar-refractivity contribution in [3.63, 3.8) is 0 Å². The minimum absolute atomic E-state index is 0.1000. The molecular weight excluding hydrogens is 253 g/mol. The smallest absolute Gasteiger partial charge is 0.164 e. The number of Topliss-reactive ketones (excluding diaryl/α,β-unsaturated/α-hetero) is 1. The van der Waals surface area contributed by atoms with Gasteiger partial charge in [-0.25, -0.2) is 4.39 Å². The summed E-state index contributed by atoms with van der Waals surface area (Å²) in [6, 6.07) is 5.83. The fourth-order valence-corrected chi connectivity index (χ4v) is 2.14. The molecule has 0 bridgehead atoms. The Labute approximate surface area is 122 Å². The van der Waals surface area contributed by atoms with E-state index in [9.17, 15) is 9.18 Å². The molecule has 0 radical (unpaired) electrons. The van der Waals surface area contributed by atoms with Crippen molar-refractivity contribution in [1.82, 2.24) is 4.90 Å². The fourth-order valence-electron chi connectivity index (χ4n) is 2.14. The molecule has 0 heterocycles. The lowest BCUT2D eigenvalue weighted by Crippen LogP contribution is -2.28. The van der Waals surface area contributed by atoms with Gasteiger partial charge in [-0.3, -0.25) is 4.79 Å². The number of ketones is 1. The van der Waals surface area contributed by atoms with Crippen molar-refractivity contribution in [1.29, 1.82) is 0 Å². The number of benzene rings is 1. The molecule has 0 spiro atoms. The minimum Gasteiger partial charge on any atom is -0.303 e. The van der Waals surface area contributed by atoms with E-state index in [0.29, 0.717) is 12.0 Å². The maximum atomic E-state index is 12.8. The summed E-state index contributed by atoms with van der Waals surface area (Å²) in [6.45, 7) is 7.29. The maximum absolute atomic E-state index is 12.8. The number of halogens is 1. The van der Waals surface area contributed by atoms with Crippen molar-refractivity contribution in [2.45, 2.75) is 46.0 Å². The van der Waals surface area contributed by atoms with E-state index in [1.165, 1.54) is 37.8 Å². The van der Waals surface area contributed by atoms with Gasteiger partial charge in [0.05, 0.1) is 0 Å². The number of carbonyl (C=O) groups is 1. The van der Waals surface area contributed by atoms with Crippen LogP contribution in [0.5, 0.6) is 0 Å². The van der Waals surface area contributed by atoms with E-state index in [1.807, 2.05) is 0 Å². The molecule has 1 rings (SSSR count). The number of hydrogen-bond acceptors (Lipinski definition) is 2. The van der Waals surface area contributed by atoms with Gasteiger partial charge < -0.3 is 4.90 Å². The van der Waals surface area contributed by atoms with E-state index < -0.39 is 0 Å². The van der Waals surface area contributed by atoms with Crippen LogP contribution in [0.4, 0.5) is 4.39 Å².